The highest BCUT2D eigenvalue weighted by Gasteiger charge is 2.15. The van der Waals surface area contributed by atoms with Gasteiger partial charge in [-0.25, -0.2) is 0 Å². The van der Waals surface area contributed by atoms with Gasteiger partial charge in [0.15, 0.2) is 0 Å². The monoisotopic (exact) mass is 330 g/mol. The summed E-state index contributed by atoms with van der Waals surface area (Å²) in [7, 11) is 1.70. The zero-order valence-electron chi connectivity index (χ0n) is 14.8. The number of carbonyl (C=O) groups excluding carboxylic acids is 1. The number of hydrogen-bond donors (Lipinski definition) is 0. The lowest BCUT2D eigenvalue weighted by atomic mass is 10.2. The summed E-state index contributed by atoms with van der Waals surface area (Å²) in [5, 5.41) is 0. The largest absolute Gasteiger partial charge is 0.380 e. The first-order valence-corrected chi connectivity index (χ1v) is 8.64. The molecule has 1 aliphatic rings. The quantitative estimate of drug-likeness (QED) is 0.416. The minimum atomic E-state index is 0.588. The third-order valence-electron chi connectivity index (χ3n) is 4.00. The van der Waals surface area contributed by atoms with Crippen LogP contribution in [0.3, 0.4) is 0 Å². The Hall–Kier alpha value is -1.67. The van der Waals surface area contributed by atoms with Gasteiger partial charge in [-0.15, -0.1) is 12.3 Å². The minimum absolute atomic E-state index is 0.588. The van der Waals surface area contributed by atoms with Crippen molar-refractivity contribution in [2.24, 2.45) is 0 Å². The number of benzene rings is 1. The van der Waals surface area contributed by atoms with Crippen LogP contribution in [-0.2, 0) is 16.1 Å². The van der Waals surface area contributed by atoms with Crippen molar-refractivity contribution in [1.82, 2.24) is 9.80 Å². The highest BCUT2D eigenvalue weighted by atomic mass is 16.5. The van der Waals surface area contributed by atoms with Gasteiger partial charge in [0, 0.05) is 39.7 Å². The second kappa shape index (κ2) is 13.7. The molecule has 1 aromatic carbocycles. The molecule has 24 heavy (non-hydrogen) atoms. The number of ether oxygens (including phenoxy) is 1. The molecule has 4 nitrogen and oxygen atoms in total. The fourth-order valence-electron chi connectivity index (χ4n) is 2.60. The Balaban J connectivity index is 0.000000272. The van der Waals surface area contributed by atoms with Crippen LogP contribution >= 0.6 is 0 Å². The number of aldehydes is 1. The van der Waals surface area contributed by atoms with Gasteiger partial charge in [0.05, 0.1) is 13.2 Å². The van der Waals surface area contributed by atoms with Gasteiger partial charge in [-0.2, -0.15) is 0 Å². The fourth-order valence-corrected chi connectivity index (χ4v) is 2.60. The number of terminal acetylenes is 1. The van der Waals surface area contributed by atoms with Crippen molar-refractivity contribution in [3.8, 4) is 12.3 Å². The lowest BCUT2D eigenvalue weighted by Crippen LogP contribution is -2.46. The van der Waals surface area contributed by atoms with Crippen LogP contribution in [0.4, 0.5) is 0 Å². The van der Waals surface area contributed by atoms with Crippen molar-refractivity contribution in [3.63, 3.8) is 0 Å². The number of hydrogen-bond acceptors (Lipinski definition) is 4. The summed E-state index contributed by atoms with van der Waals surface area (Å²) in [4.78, 5) is 15.0. The average molecular weight is 330 g/mol. The molecule has 0 aromatic heterocycles. The Kier molecular flexibility index (Phi) is 11.7. The standard InChI is InChI=1S/C12H20N2O.C8H10O/c1-2-3-4-5-6-13-7-9-14(10-8-13)11-12-15;1-9-7-8-5-3-2-4-6-8/h1,12H,3-11H2;2-6H,7H2,1H3. The van der Waals surface area contributed by atoms with Crippen molar-refractivity contribution in [1.29, 1.82) is 0 Å². The molecule has 1 fully saturated rings. The molecular formula is C20H30N2O2. The molecule has 1 aromatic rings. The van der Waals surface area contributed by atoms with Crippen LogP contribution in [-0.4, -0.2) is 62.5 Å². The Labute approximate surface area is 146 Å². The summed E-state index contributed by atoms with van der Waals surface area (Å²) < 4.78 is 4.93. The van der Waals surface area contributed by atoms with Crippen LogP contribution in [0.15, 0.2) is 30.3 Å². The van der Waals surface area contributed by atoms with Gasteiger partial charge in [-0.05, 0) is 24.9 Å². The summed E-state index contributed by atoms with van der Waals surface area (Å²) >= 11 is 0. The van der Waals surface area contributed by atoms with Crippen molar-refractivity contribution in [3.05, 3.63) is 35.9 Å². The van der Waals surface area contributed by atoms with Crippen LogP contribution in [0.1, 0.15) is 24.8 Å². The number of carbonyl (C=O) groups is 1. The summed E-state index contributed by atoms with van der Waals surface area (Å²) in [5.41, 5.74) is 1.22. The molecule has 0 bridgehead atoms. The SMILES string of the molecule is C#CCCCCN1CCN(CC=O)CC1.COCc1ccccc1. The molecule has 2 rings (SSSR count). The van der Waals surface area contributed by atoms with Gasteiger partial charge in [-0.3, -0.25) is 4.90 Å². The van der Waals surface area contributed by atoms with Gasteiger partial charge < -0.3 is 14.4 Å². The maximum absolute atomic E-state index is 10.3. The third kappa shape index (κ3) is 9.46. The van der Waals surface area contributed by atoms with Crippen LogP contribution in [0.5, 0.6) is 0 Å². The molecule has 0 amide bonds. The van der Waals surface area contributed by atoms with Gasteiger partial charge in [0.25, 0.3) is 0 Å². The van der Waals surface area contributed by atoms with Crippen LogP contribution in [0, 0.1) is 12.3 Å². The molecule has 0 radical (unpaired) electrons. The van der Waals surface area contributed by atoms with Gasteiger partial charge >= 0.3 is 0 Å². The summed E-state index contributed by atoms with van der Waals surface area (Å²) in [6.45, 7) is 6.66. The normalized spacial score (nSPS) is 15.2. The van der Waals surface area contributed by atoms with Crippen molar-refractivity contribution < 1.29 is 9.53 Å². The van der Waals surface area contributed by atoms with Gasteiger partial charge in [-0.1, -0.05) is 30.3 Å². The highest BCUT2D eigenvalue weighted by Crippen LogP contribution is 2.03. The molecule has 0 N–H and O–H groups in total. The van der Waals surface area contributed by atoms with E-state index in [1.165, 1.54) is 12.0 Å². The topological polar surface area (TPSA) is 32.8 Å². The van der Waals surface area contributed by atoms with Gasteiger partial charge in [0.2, 0.25) is 0 Å². The van der Waals surface area contributed by atoms with E-state index in [4.69, 9.17) is 11.2 Å². The molecule has 0 atom stereocenters. The average Bonchev–Trinajstić information content (AvgIpc) is 2.62. The summed E-state index contributed by atoms with van der Waals surface area (Å²) in [6, 6.07) is 10.1. The molecule has 132 valence electrons. The van der Waals surface area contributed by atoms with Crippen LogP contribution < -0.4 is 0 Å². The van der Waals surface area contributed by atoms with E-state index in [2.05, 4.69) is 15.7 Å². The molecule has 0 saturated carbocycles. The van der Waals surface area contributed by atoms with E-state index in [9.17, 15) is 4.79 Å². The molecule has 1 heterocycles. The zero-order valence-corrected chi connectivity index (χ0v) is 14.8. The molecule has 4 heteroatoms. The predicted octanol–water partition coefficient (Wildman–Crippen LogP) is 2.44. The Morgan fingerprint density at radius 2 is 1.79 bits per heavy atom. The third-order valence-corrected chi connectivity index (χ3v) is 4.00. The number of rotatable bonds is 8. The van der Waals surface area contributed by atoms with E-state index in [0.717, 1.165) is 51.9 Å². The zero-order chi connectivity index (χ0) is 17.5. The first-order valence-electron chi connectivity index (χ1n) is 8.64. The van der Waals surface area contributed by atoms with E-state index in [0.29, 0.717) is 13.2 Å². The first-order chi connectivity index (χ1) is 11.8. The maximum atomic E-state index is 10.3. The number of methoxy groups -OCH3 is 1. The number of piperazine rings is 1. The lowest BCUT2D eigenvalue weighted by Gasteiger charge is -2.33. The van der Waals surface area contributed by atoms with Crippen LogP contribution in [0.2, 0.25) is 0 Å². The van der Waals surface area contributed by atoms with Gasteiger partial charge in [0.1, 0.15) is 6.29 Å². The first kappa shape index (κ1) is 20.4. The van der Waals surface area contributed by atoms with Crippen LogP contribution in [0.25, 0.3) is 0 Å². The van der Waals surface area contributed by atoms with Crippen molar-refractivity contribution in [2.75, 3.05) is 46.4 Å². The van der Waals surface area contributed by atoms with E-state index < -0.39 is 0 Å². The van der Waals surface area contributed by atoms with Crippen molar-refractivity contribution >= 4 is 6.29 Å². The number of unbranched alkanes of at least 4 members (excludes halogenated alkanes) is 2. The minimum Gasteiger partial charge on any atom is -0.380 e. The number of nitrogens with zero attached hydrogens (tertiary/aromatic N) is 2. The maximum Gasteiger partial charge on any atom is 0.133 e. The predicted molar refractivity (Wildman–Crippen MR) is 98.8 cm³/mol. The fraction of sp³-hybridized carbons (Fsp3) is 0.550. The second-order valence-corrected chi connectivity index (χ2v) is 5.89. The molecular weight excluding hydrogens is 300 g/mol. The van der Waals surface area contributed by atoms with Crippen molar-refractivity contribution in [2.45, 2.75) is 25.9 Å². The Bertz CT molecular complexity index is 462. The second-order valence-electron chi connectivity index (χ2n) is 5.89. The molecule has 0 spiro atoms. The highest BCUT2D eigenvalue weighted by molar-refractivity contribution is 5.51. The lowest BCUT2D eigenvalue weighted by molar-refractivity contribution is -0.109. The van der Waals surface area contributed by atoms with E-state index in [-0.39, 0.29) is 0 Å². The summed E-state index contributed by atoms with van der Waals surface area (Å²) in [6.07, 6.45) is 9.40. The molecule has 0 unspecified atom stereocenters. The van der Waals surface area contributed by atoms with E-state index >= 15 is 0 Å². The smallest absolute Gasteiger partial charge is 0.133 e. The molecule has 0 aliphatic carbocycles. The van der Waals surface area contributed by atoms with E-state index in [1.54, 1.807) is 7.11 Å². The van der Waals surface area contributed by atoms with E-state index in [1.807, 2.05) is 30.3 Å². The Morgan fingerprint density at radius 1 is 1.12 bits per heavy atom. The molecule has 1 saturated heterocycles. The Morgan fingerprint density at radius 3 is 2.38 bits per heavy atom. The summed E-state index contributed by atoms with van der Waals surface area (Å²) in [5.74, 6) is 2.66. The molecule has 1 aliphatic heterocycles.